The molecule has 1 unspecified atom stereocenters. The van der Waals surface area contributed by atoms with E-state index in [1.54, 1.807) is 0 Å². The molecule has 2 saturated carbocycles. The molecule has 1 aliphatic heterocycles. The molecule has 0 bridgehead atoms. The Bertz CT molecular complexity index is 199. The molecule has 0 aromatic carbocycles. The maximum atomic E-state index is 11.0. The van der Waals surface area contributed by atoms with Crippen LogP contribution in [0.2, 0.25) is 0 Å². The molecule has 0 aromatic heterocycles. The van der Waals surface area contributed by atoms with Crippen LogP contribution >= 0.6 is 0 Å². The molecule has 1 heterocycles. The summed E-state index contributed by atoms with van der Waals surface area (Å²) in [5, 5.41) is 0. The van der Waals surface area contributed by atoms with Gasteiger partial charge in [0.2, 0.25) is 0 Å². The fourth-order valence-corrected chi connectivity index (χ4v) is 2.72. The van der Waals surface area contributed by atoms with Crippen molar-refractivity contribution in [3.8, 4) is 0 Å². The van der Waals surface area contributed by atoms with Gasteiger partial charge in [-0.25, -0.2) is 0 Å². The van der Waals surface area contributed by atoms with Gasteiger partial charge in [0.25, 0.3) is 0 Å². The highest BCUT2D eigenvalue weighted by Gasteiger charge is 2.66. The van der Waals surface area contributed by atoms with E-state index in [1.807, 2.05) is 0 Å². The van der Waals surface area contributed by atoms with Crippen molar-refractivity contribution in [1.29, 1.82) is 0 Å². The minimum Gasteiger partial charge on any atom is -0.462 e. The molecular formula is C8H10O2. The summed E-state index contributed by atoms with van der Waals surface area (Å²) in [7, 11) is 0. The van der Waals surface area contributed by atoms with Crippen LogP contribution < -0.4 is 0 Å². The molecule has 10 heavy (non-hydrogen) atoms. The summed E-state index contributed by atoms with van der Waals surface area (Å²) in [5.74, 6) is 1.83. The molecule has 0 aromatic rings. The van der Waals surface area contributed by atoms with Crippen LogP contribution in [0.5, 0.6) is 0 Å². The Morgan fingerprint density at radius 1 is 1.40 bits per heavy atom. The number of esters is 1. The molecule has 0 spiro atoms. The fraction of sp³-hybridized carbons (Fsp3) is 0.875. The number of hydrogen-bond donors (Lipinski definition) is 0. The Morgan fingerprint density at radius 3 is 3.00 bits per heavy atom. The first-order valence-corrected chi connectivity index (χ1v) is 4.08. The molecule has 0 amide bonds. The highest BCUT2D eigenvalue weighted by atomic mass is 16.6. The summed E-state index contributed by atoms with van der Waals surface area (Å²) >= 11 is 0. The lowest BCUT2D eigenvalue weighted by Crippen LogP contribution is -2.20. The van der Waals surface area contributed by atoms with Crippen molar-refractivity contribution in [3.05, 3.63) is 0 Å². The lowest BCUT2D eigenvalue weighted by molar-refractivity contribution is -0.147. The van der Waals surface area contributed by atoms with Gasteiger partial charge in [0.05, 0.1) is 5.92 Å². The van der Waals surface area contributed by atoms with Crippen LogP contribution in [0.1, 0.15) is 19.3 Å². The van der Waals surface area contributed by atoms with Gasteiger partial charge in [0.1, 0.15) is 6.10 Å². The fourth-order valence-electron chi connectivity index (χ4n) is 2.72. The first-order valence-electron chi connectivity index (χ1n) is 4.08. The van der Waals surface area contributed by atoms with Gasteiger partial charge >= 0.3 is 5.97 Å². The van der Waals surface area contributed by atoms with Crippen LogP contribution in [0.3, 0.4) is 0 Å². The zero-order chi connectivity index (χ0) is 6.72. The lowest BCUT2D eigenvalue weighted by Gasteiger charge is -2.19. The third kappa shape index (κ3) is 0.414. The number of carbonyl (C=O) groups is 1. The van der Waals surface area contributed by atoms with Gasteiger partial charge in [-0.2, -0.15) is 0 Å². The monoisotopic (exact) mass is 138 g/mol. The summed E-state index contributed by atoms with van der Waals surface area (Å²) in [6.07, 6.45) is 4.01. The van der Waals surface area contributed by atoms with Crippen molar-refractivity contribution in [1.82, 2.24) is 0 Å². The highest BCUT2D eigenvalue weighted by molar-refractivity contribution is 5.79. The van der Waals surface area contributed by atoms with Crippen LogP contribution in [0.4, 0.5) is 0 Å². The van der Waals surface area contributed by atoms with E-state index in [2.05, 4.69) is 0 Å². The molecule has 2 heteroatoms. The SMILES string of the molecule is O=C1O[C@@H]2CCC[C@@H]3C1[C@@H]32. The molecule has 0 radical (unpaired) electrons. The first kappa shape index (κ1) is 5.16. The highest BCUT2D eigenvalue weighted by Crippen LogP contribution is 2.60. The standard InChI is InChI=1S/C8H10O2/c9-8-7-4-2-1-3-5(10-8)6(4)7/h4-7H,1-3H2/t4-,5+,6-,7?/m0/s1. The molecule has 2 aliphatic carbocycles. The van der Waals surface area contributed by atoms with Crippen molar-refractivity contribution in [2.24, 2.45) is 17.8 Å². The summed E-state index contributed by atoms with van der Waals surface area (Å²) < 4.78 is 5.16. The second-order valence-electron chi connectivity index (χ2n) is 3.67. The van der Waals surface area contributed by atoms with Gasteiger partial charge in [-0.1, -0.05) is 0 Å². The zero-order valence-corrected chi connectivity index (χ0v) is 5.75. The van der Waals surface area contributed by atoms with Crippen LogP contribution in [-0.4, -0.2) is 12.1 Å². The molecule has 4 atom stereocenters. The maximum Gasteiger partial charge on any atom is 0.309 e. The number of hydrogen-bond acceptors (Lipinski definition) is 2. The predicted octanol–water partition coefficient (Wildman–Crippen LogP) is 0.958. The van der Waals surface area contributed by atoms with Crippen LogP contribution in [0, 0.1) is 17.8 Å². The normalized spacial score (nSPS) is 55.8. The first-order chi connectivity index (χ1) is 4.88. The molecule has 1 saturated heterocycles. The van der Waals surface area contributed by atoms with Crippen LogP contribution in [-0.2, 0) is 9.53 Å². The van der Waals surface area contributed by atoms with Gasteiger partial charge in [-0.3, -0.25) is 4.79 Å². The van der Waals surface area contributed by atoms with E-state index in [4.69, 9.17) is 4.74 Å². The minimum absolute atomic E-state index is 0.0969. The van der Waals surface area contributed by atoms with E-state index in [0.29, 0.717) is 17.9 Å². The van der Waals surface area contributed by atoms with E-state index < -0.39 is 0 Å². The van der Waals surface area contributed by atoms with Crippen LogP contribution in [0.15, 0.2) is 0 Å². The average molecular weight is 138 g/mol. The third-order valence-electron chi connectivity index (χ3n) is 3.22. The van der Waals surface area contributed by atoms with Gasteiger partial charge in [0, 0.05) is 5.92 Å². The smallest absolute Gasteiger partial charge is 0.309 e. The van der Waals surface area contributed by atoms with Gasteiger partial charge in [-0.05, 0) is 25.2 Å². The van der Waals surface area contributed by atoms with E-state index in [0.717, 1.165) is 12.3 Å². The topological polar surface area (TPSA) is 26.3 Å². The van der Waals surface area contributed by atoms with Crippen molar-refractivity contribution in [2.75, 3.05) is 0 Å². The molecule has 3 aliphatic rings. The second kappa shape index (κ2) is 1.39. The number of fused-ring (bicyclic) bond motifs is 1. The van der Waals surface area contributed by atoms with Crippen molar-refractivity contribution in [3.63, 3.8) is 0 Å². The second-order valence-corrected chi connectivity index (χ2v) is 3.67. The van der Waals surface area contributed by atoms with Crippen molar-refractivity contribution >= 4 is 5.97 Å². The van der Waals surface area contributed by atoms with Gasteiger partial charge in [-0.15, -0.1) is 0 Å². The Morgan fingerprint density at radius 2 is 2.30 bits per heavy atom. The number of rotatable bonds is 0. The molecule has 0 N–H and O–H groups in total. The third-order valence-corrected chi connectivity index (χ3v) is 3.22. The maximum absolute atomic E-state index is 11.0. The summed E-state index contributed by atoms with van der Waals surface area (Å²) in [6, 6.07) is 0. The Labute approximate surface area is 59.6 Å². The van der Waals surface area contributed by atoms with Crippen molar-refractivity contribution < 1.29 is 9.53 Å². The van der Waals surface area contributed by atoms with Gasteiger partial charge in [0.15, 0.2) is 0 Å². The molecule has 2 nitrogen and oxygen atoms in total. The largest absolute Gasteiger partial charge is 0.462 e. The van der Waals surface area contributed by atoms with E-state index in [9.17, 15) is 4.79 Å². The average Bonchev–Trinajstić information content (AvgIpc) is 2.51. The lowest BCUT2D eigenvalue weighted by atomic mass is 9.98. The number of ether oxygens (including phenoxy) is 1. The zero-order valence-electron chi connectivity index (χ0n) is 5.75. The predicted molar refractivity (Wildman–Crippen MR) is 34.2 cm³/mol. The number of carbonyl (C=O) groups excluding carboxylic acids is 1. The molecule has 3 rings (SSSR count). The van der Waals surface area contributed by atoms with Crippen LogP contribution in [0.25, 0.3) is 0 Å². The minimum atomic E-state index is 0.0969. The summed E-state index contributed by atoms with van der Waals surface area (Å²) in [6.45, 7) is 0. The van der Waals surface area contributed by atoms with E-state index in [-0.39, 0.29) is 5.97 Å². The molecule has 3 fully saturated rings. The summed E-state index contributed by atoms with van der Waals surface area (Å²) in [5.41, 5.74) is 0. The summed E-state index contributed by atoms with van der Waals surface area (Å²) in [4.78, 5) is 11.0. The Kier molecular flexibility index (Phi) is 0.715. The quantitative estimate of drug-likeness (QED) is 0.466. The Hall–Kier alpha value is -0.530. The van der Waals surface area contributed by atoms with Crippen molar-refractivity contribution in [2.45, 2.75) is 25.4 Å². The Balaban J connectivity index is 1.95. The molecule has 54 valence electrons. The molecular weight excluding hydrogens is 128 g/mol. The van der Waals surface area contributed by atoms with E-state index in [1.165, 1.54) is 12.8 Å². The van der Waals surface area contributed by atoms with Gasteiger partial charge < -0.3 is 4.74 Å². The van der Waals surface area contributed by atoms with E-state index >= 15 is 0 Å².